The normalized spacial score (nSPS) is 36.9. The van der Waals surface area contributed by atoms with E-state index in [-0.39, 0.29) is 23.0 Å². The smallest absolute Gasteiger partial charge is 0.306 e. The third kappa shape index (κ3) is 3.50. The number of carbonyl (C=O) groups is 1. The van der Waals surface area contributed by atoms with Gasteiger partial charge in [-0.25, -0.2) is 8.42 Å². The Bertz CT molecular complexity index is 429. The maximum atomic E-state index is 11.7. The highest BCUT2D eigenvalue weighted by Crippen LogP contribution is 2.42. The van der Waals surface area contributed by atoms with E-state index in [9.17, 15) is 18.3 Å². The number of hydrogen-bond donors (Lipinski definition) is 1. The first-order valence-electron chi connectivity index (χ1n) is 7.31. The highest BCUT2D eigenvalue weighted by Gasteiger charge is 2.39. The highest BCUT2D eigenvalue weighted by atomic mass is 32.2. The van der Waals surface area contributed by atoms with E-state index in [2.05, 4.69) is 0 Å². The molecule has 5 heteroatoms. The van der Waals surface area contributed by atoms with Crippen LogP contribution in [0, 0.1) is 17.8 Å². The van der Waals surface area contributed by atoms with E-state index in [1.807, 2.05) is 0 Å². The average Bonchev–Trinajstić information content (AvgIpc) is 2.38. The van der Waals surface area contributed by atoms with Gasteiger partial charge in [-0.15, -0.1) is 0 Å². The molecule has 1 N–H and O–H groups in total. The Kier molecular flexibility index (Phi) is 4.54. The van der Waals surface area contributed by atoms with E-state index >= 15 is 0 Å². The van der Waals surface area contributed by atoms with Crippen LogP contribution in [0.3, 0.4) is 0 Å². The zero-order chi connectivity index (χ0) is 14.0. The fraction of sp³-hybridized carbons (Fsp3) is 0.929. The van der Waals surface area contributed by atoms with Crippen LogP contribution < -0.4 is 0 Å². The van der Waals surface area contributed by atoms with Gasteiger partial charge in [-0.2, -0.15) is 0 Å². The summed E-state index contributed by atoms with van der Waals surface area (Å²) in [4.78, 5) is 11.4. The van der Waals surface area contributed by atoms with E-state index in [0.29, 0.717) is 6.42 Å². The van der Waals surface area contributed by atoms with Gasteiger partial charge in [0.15, 0.2) is 0 Å². The van der Waals surface area contributed by atoms with Crippen LogP contribution in [0.2, 0.25) is 0 Å². The maximum Gasteiger partial charge on any atom is 0.306 e. The molecule has 0 aromatic rings. The summed E-state index contributed by atoms with van der Waals surface area (Å²) in [5, 5.41) is 9.10. The second kappa shape index (κ2) is 5.81. The Balaban J connectivity index is 2.09. The average molecular weight is 288 g/mol. The molecule has 0 aromatic carbocycles. The summed E-state index contributed by atoms with van der Waals surface area (Å²) in [7, 11) is -2.98. The van der Waals surface area contributed by atoms with Crippen molar-refractivity contribution in [2.45, 2.75) is 56.6 Å². The fourth-order valence-corrected chi connectivity index (χ4v) is 5.18. The summed E-state index contributed by atoms with van der Waals surface area (Å²) in [6.07, 6.45) is 8.47. The minimum Gasteiger partial charge on any atom is -0.481 e. The van der Waals surface area contributed by atoms with Crippen molar-refractivity contribution in [3.05, 3.63) is 0 Å². The van der Waals surface area contributed by atoms with Gasteiger partial charge in [-0.3, -0.25) is 4.79 Å². The molecule has 0 saturated heterocycles. The van der Waals surface area contributed by atoms with Crippen molar-refractivity contribution >= 4 is 15.8 Å². The second-order valence-corrected chi connectivity index (χ2v) is 8.60. The quantitative estimate of drug-likeness (QED) is 0.866. The summed E-state index contributed by atoms with van der Waals surface area (Å²) < 4.78 is 23.4. The van der Waals surface area contributed by atoms with Gasteiger partial charge in [-0.05, 0) is 37.5 Å². The van der Waals surface area contributed by atoms with Gasteiger partial charge in [0.1, 0.15) is 9.84 Å². The zero-order valence-electron chi connectivity index (χ0n) is 11.5. The van der Waals surface area contributed by atoms with E-state index in [1.54, 1.807) is 0 Å². The predicted octanol–water partition coefficient (Wildman–Crippen LogP) is 2.48. The number of hydrogen-bond acceptors (Lipinski definition) is 3. The monoisotopic (exact) mass is 288 g/mol. The van der Waals surface area contributed by atoms with E-state index in [0.717, 1.165) is 44.9 Å². The molecule has 0 amide bonds. The molecule has 0 aromatic heterocycles. The molecule has 2 saturated carbocycles. The molecule has 0 aliphatic heterocycles. The van der Waals surface area contributed by atoms with Crippen LogP contribution in [-0.4, -0.2) is 31.0 Å². The topological polar surface area (TPSA) is 71.4 Å². The molecular weight excluding hydrogens is 264 g/mol. The van der Waals surface area contributed by atoms with Crippen molar-refractivity contribution in [3.8, 4) is 0 Å². The van der Waals surface area contributed by atoms with Crippen LogP contribution in [0.5, 0.6) is 0 Å². The molecule has 2 rings (SSSR count). The first-order chi connectivity index (χ1) is 8.89. The molecule has 4 nitrogen and oxygen atoms in total. The highest BCUT2D eigenvalue weighted by molar-refractivity contribution is 7.91. The molecule has 19 heavy (non-hydrogen) atoms. The van der Waals surface area contributed by atoms with Gasteiger partial charge in [0.05, 0.1) is 11.2 Å². The van der Waals surface area contributed by atoms with Crippen LogP contribution in [0.1, 0.15) is 51.4 Å². The van der Waals surface area contributed by atoms with Crippen molar-refractivity contribution in [1.29, 1.82) is 0 Å². The summed E-state index contributed by atoms with van der Waals surface area (Å²) >= 11 is 0. The Morgan fingerprint density at radius 3 is 2.37 bits per heavy atom. The predicted molar refractivity (Wildman–Crippen MR) is 73.7 cm³/mol. The standard InChI is InChI=1S/C14H24O4S/c1-19(17,18)11-6-4-5-10(9-11)12-7-2-3-8-13(12)14(15)16/h10-13H,2-9H2,1H3,(H,15,16). The third-order valence-electron chi connectivity index (χ3n) is 5.01. The van der Waals surface area contributed by atoms with Crippen LogP contribution in [0.15, 0.2) is 0 Å². The molecule has 110 valence electrons. The molecular formula is C14H24O4S. The lowest BCUT2D eigenvalue weighted by molar-refractivity contribution is -0.146. The first kappa shape index (κ1) is 14.8. The summed E-state index contributed by atoms with van der Waals surface area (Å²) in [6, 6.07) is 0. The third-order valence-corrected chi connectivity index (χ3v) is 6.65. The van der Waals surface area contributed by atoms with Crippen molar-refractivity contribution in [2.24, 2.45) is 17.8 Å². The van der Waals surface area contributed by atoms with Crippen LogP contribution in [-0.2, 0) is 14.6 Å². The Morgan fingerprint density at radius 2 is 1.74 bits per heavy atom. The minimum absolute atomic E-state index is 0.191. The van der Waals surface area contributed by atoms with Crippen LogP contribution in [0.4, 0.5) is 0 Å². The van der Waals surface area contributed by atoms with Gasteiger partial charge < -0.3 is 5.11 Å². The number of aliphatic carboxylic acids is 1. The van der Waals surface area contributed by atoms with Gasteiger partial charge in [-0.1, -0.05) is 25.7 Å². The molecule has 0 radical (unpaired) electrons. The SMILES string of the molecule is CS(=O)(=O)C1CCCC(C2CCCCC2C(=O)O)C1. The lowest BCUT2D eigenvalue weighted by atomic mass is 9.68. The van der Waals surface area contributed by atoms with Gasteiger partial charge in [0.2, 0.25) is 0 Å². The zero-order valence-corrected chi connectivity index (χ0v) is 12.4. The number of carboxylic acid groups (broad SMARTS) is 1. The van der Waals surface area contributed by atoms with Gasteiger partial charge in [0, 0.05) is 6.26 Å². The van der Waals surface area contributed by atoms with E-state index in [1.165, 1.54) is 6.26 Å². The molecule has 2 fully saturated rings. The summed E-state index contributed by atoms with van der Waals surface area (Å²) in [5.41, 5.74) is 0. The van der Waals surface area contributed by atoms with Crippen molar-refractivity contribution in [3.63, 3.8) is 0 Å². The summed E-state index contributed by atoms with van der Waals surface area (Å²) in [6.45, 7) is 0. The minimum atomic E-state index is -2.98. The van der Waals surface area contributed by atoms with E-state index in [4.69, 9.17) is 0 Å². The molecule has 2 aliphatic rings. The van der Waals surface area contributed by atoms with Crippen LogP contribution in [0.25, 0.3) is 0 Å². The van der Waals surface area contributed by atoms with Gasteiger partial charge >= 0.3 is 5.97 Å². The van der Waals surface area contributed by atoms with Crippen LogP contribution >= 0.6 is 0 Å². The van der Waals surface area contributed by atoms with E-state index < -0.39 is 15.8 Å². The molecule has 4 unspecified atom stereocenters. The first-order valence-corrected chi connectivity index (χ1v) is 9.26. The van der Waals surface area contributed by atoms with Crippen molar-refractivity contribution < 1.29 is 18.3 Å². The van der Waals surface area contributed by atoms with Crippen molar-refractivity contribution in [1.82, 2.24) is 0 Å². The fourth-order valence-electron chi connectivity index (χ4n) is 3.99. The molecule has 0 heterocycles. The lowest BCUT2D eigenvalue weighted by Gasteiger charge is -2.39. The number of carboxylic acids is 1. The van der Waals surface area contributed by atoms with Gasteiger partial charge in [0.25, 0.3) is 0 Å². The molecule has 4 atom stereocenters. The molecule has 2 aliphatic carbocycles. The second-order valence-electron chi connectivity index (χ2n) is 6.27. The summed E-state index contributed by atoms with van der Waals surface area (Å²) in [5.74, 6) is -0.464. The largest absolute Gasteiger partial charge is 0.481 e. The Labute approximate surface area is 115 Å². The lowest BCUT2D eigenvalue weighted by Crippen LogP contribution is -2.37. The Morgan fingerprint density at radius 1 is 1.05 bits per heavy atom. The Hall–Kier alpha value is -0.580. The molecule has 0 spiro atoms. The molecule has 0 bridgehead atoms. The number of sulfone groups is 1. The maximum absolute atomic E-state index is 11.7. The van der Waals surface area contributed by atoms with Crippen molar-refractivity contribution in [2.75, 3.05) is 6.26 Å². The number of rotatable bonds is 3.